The fourth-order valence-electron chi connectivity index (χ4n) is 1.10. The summed E-state index contributed by atoms with van der Waals surface area (Å²) in [6.07, 6.45) is -0.895. The molecule has 0 aliphatic carbocycles. The summed E-state index contributed by atoms with van der Waals surface area (Å²) in [4.78, 5) is 10.6. The lowest BCUT2D eigenvalue weighted by atomic mass is 10.2. The first-order chi connectivity index (χ1) is 7.24. The SMILES string of the molecule is COC(COCc1ccccc1)C(=O)O. The normalized spacial score (nSPS) is 12.3. The van der Waals surface area contributed by atoms with E-state index < -0.39 is 12.1 Å². The zero-order chi connectivity index (χ0) is 11.1. The molecule has 0 spiro atoms. The second-order valence-corrected chi connectivity index (χ2v) is 3.06. The molecule has 0 saturated heterocycles. The first-order valence-electron chi connectivity index (χ1n) is 4.61. The Hall–Kier alpha value is -1.39. The molecule has 1 unspecified atom stereocenters. The molecule has 0 amide bonds. The van der Waals surface area contributed by atoms with Crippen molar-refractivity contribution in [2.45, 2.75) is 12.7 Å². The van der Waals surface area contributed by atoms with Crippen LogP contribution in [0, 0.1) is 0 Å². The molecule has 4 heteroatoms. The van der Waals surface area contributed by atoms with Crippen LogP contribution in [0.25, 0.3) is 0 Å². The third kappa shape index (κ3) is 4.10. The van der Waals surface area contributed by atoms with Gasteiger partial charge in [-0.25, -0.2) is 4.79 Å². The van der Waals surface area contributed by atoms with Crippen molar-refractivity contribution in [1.29, 1.82) is 0 Å². The van der Waals surface area contributed by atoms with E-state index in [1.165, 1.54) is 7.11 Å². The Morgan fingerprint density at radius 1 is 1.40 bits per heavy atom. The third-order valence-corrected chi connectivity index (χ3v) is 1.94. The smallest absolute Gasteiger partial charge is 0.335 e. The van der Waals surface area contributed by atoms with Gasteiger partial charge in [0.1, 0.15) is 0 Å². The van der Waals surface area contributed by atoms with Gasteiger partial charge in [0.25, 0.3) is 0 Å². The Bertz CT molecular complexity index is 297. The van der Waals surface area contributed by atoms with Crippen LogP contribution in [-0.4, -0.2) is 30.9 Å². The lowest BCUT2D eigenvalue weighted by Crippen LogP contribution is -2.27. The van der Waals surface area contributed by atoms with Gasteiger partial charge in [-0.15, -0.1) is 0 Å². The van der Waals surface area contributed by atoms with Gasteiger partial charge in [0.15, 0.2) is 6.10 Å². The summed E-state index contributed by atoms with van der Waals surface area (Å²) < 4.78 is 9.95. The number of carboxylic acid groups (broad SMARTS) is 1. The van der Waals surface area contributed by atoms with Crippen molar-refractivity contribution < 1.29 is 19.4 Å². The molecule has 0 aromatic heterocycles. The maximum atomic E-state index is 10.6. The topological polar surface area (TPSA) is 55.8 Å². The van der Waals surface area contributed by atoms with E-state index in [1.54, 1.807) is 0 Å². The summed E-state index contributed by atoms with van der Waals surface area (Å²) in [5, 5.41) is 8.67. The average Bonchev–Trinajstić information content (AvgIpc) is 2.25. The van der Waals surface area contributed by atoms with Crippen LogP contribution in [0.4, 0.5) is 0 Å². The van der Waals surface area contributed by atoms with Gasteiger partial charge < -0.3 is 14.6 Å². The Labute approximate surface area is 88.4 Å². The maximum absolute atomic E-state index is 10.6. The molecular weight excluding hydrogens is 196 g/mol. The van der Waals surface area contributed by atoms with Crippen molar-refractivity contribution in [3.05, 3.63) is 35.9 Å². The Kier molecular flexibility index (Phi) is 4.80. The van der Waals surface area contributed by atoms with Gasteiger partial charge in [0.2, 0.25) is 0 Å². The molecule has 0 aliphatic rings. The standard InChI is InChI=1S/C11H14O4/c1-14-10(11(12)13)8-15-7-9-5-3-2-4-6-9/h2-6,10H,7-8H2,1H3,(H,12,13). The molecule has 0 aliphatic heterocycles. The van der Waals surface area contributed by atoms with Crippen LogP contribution in [0.5, 0.6) is 0 Å². The molecule has 0 fully saturated rings. The van der Waals surface area contributed by atoms with Crippen molar-refractivity contribution in [3.8, 4) is 0 Å². The highest BCUT2D eigenvalue weighted by Crippen LogP contribution is 2.01. The zero-order valence-corrected chi connectivity index (χ0v) is 8.55. The molecule has 1 atom stereocenters. The largest absolute Gasteiger partial charge is 0.479 e. The van der Waals surface area contributed by atoms with Crippen molar-refractivity contribution in [3.63, 3.8) is 0 Å². The number of carbonyl (C=O) groups is 1. The van der Waals surface area contributed by atoms with Gasteiger partial charge in [-0.2, -0.15) is 0 Å². The quantitative estimate of drug-likeness (QED) is 0.769. The molecule has 1 aromatic rings. The van der Waals surface area contributed by atoms with E-state index in [0.29, 0.717) is 6.61 Å². The molecule has 1 aromatic carbocycles. The molecule has 0 heterocycles. The number of hydrogen-bond donors (Lipinski definition) is 1. The van der Waals surface area contributed by atoms with Gasteiger partial charge in [0, 0.05) is 7.11 Å². The van der Waals surface area contributed by atoms with Gasteiger partial charge in [0.05, 0.1) is 13.2 Å². The summed E-state index contributed by atoms with van der Waals surface area (Å²) >= 11 is 0. The van der Waals surface area contributed by atoms with Crippen LogP contribution in [0.3, 0.4) is 0 Å². The van der Waals surface area contributed by atoms with Crippen molar-refractivity contribution in [2.24, 2.45) is 0 Å². The van der Waals surface area contributed by atoms with Crippen LogP contribution >= 0.6 is 0 Å². The Morgan fingerprint density at radius 3 is 2.60 bits per heavy atom. The Morgan fingerprint density at radius 2 is 2.07 bits per heavy atom. The van der Waals surface area contributed by atoms with E-state index in [0.717, 1.165) is 5.56 Å². The monoisotopic (exact) mass is 210 g/mol. The fraction of sp³-hybridized carbons (Fsp3) is 0.364. The summed E-state index contributed by atoms with van der Waals surface area (Å²) in [7, 11) is 1.35. The van der Waals surface area contributed by atoms with Gasteiger partial charge in [-0.3, -0.25) is 0 Å². The van der Waals surface area contributed by atoms with Crippen molar-refractivity contribution >= 4 is 5.97 Å². The van der Waals surface area contributed by atoms with E-state index in [2.05, 4.69) is 0 Å². The molecule has 1 N–H and O–H groups in total. The highest BCUT2D eigenvalue weighted by atomic mass is 16.5. The molecule has 0 radical (unpaired) electrons. The molecule has 15 heavy (non-hydrogen) atoms. The highest BCUT2D eigenvalue weighted by Gasteiger charge is 2.15. The predicted molar refractivity (Wildman–Crippen MR) is 54.5 cm³/mol. The number of carboxylic acids is 1. The van der Waals surface area contributed by atoms with Gasteiger partial charge in [-0.1, -0.05) is 30.3 Å². The zero-order valence-electron chi connectivity index (χ0n) is 8.55. The maximum Gasteiger partial charge on any atom is 0.335 e. The molecule has 1 rings (SSSR count). The van der Waals surface area contributed by atoms with Crippen LogP contribution in [0.15, 0.2) is 30.3 Å². The predicted octanol–water partition coefficient (Wildman–Crippen LogP) is 1.30. The van der Waals surface area contributed by atoms with Crippen molar-refractivity contribution in [1.82, 2.24) is 0 Å². The third-order valence-electron chi connectivity index (χ3n) is 1.94. The Balaban J connectivity index is 2.30. The molecule has 82 valence electrons. The van der Waals surface area contributed by atoms with Gasteiger partial charge >= 0.3 is 5.97 Å². The highest BCUT2D eigenvalue weighted by molar-refractivity contribution is 5.72. The summed E-state index contributed by atoms with van der Waals surface area (Å²) in [5.74, 6) is -1.01. The first kappa shape index (κ1) is 11.7. The van der Waals surface area contributed by atoms with E-state index >= 15 is 0 Å². The lowest BCUT2D eigenvalue weighted by molar-refractivity contribution is -0.152. The molecular formula is C11H14O4. The van der Waals surface area contributed by atoms with Crippen LogP contribution in [0.1, 0.15) is 5.56 Å². The van der Waals surface area contributed by atoms with Crippen LogP contribution < -0.4 is 0 Å². The van der Waals surface area contributed by atoms with Gasteiger partial charge in [-0.05, 0) is 5.56 Å². The summed E-state index contributed by atoms with van der Waals surface area (Å²) in [6.45, 7) is 0.453. The molecule has 0 saturated carbocycles. The van der Waals surface area contributed by atoms with Crippen LogP contribution in [0.2, 0.25) is 0 Å². The molecule has 0 bridgehead atoms. The number of hydrogen-bond acceptors (Lipinski definition) is 3. The average molecular weight is 210 g/mol. The number of methoxy groups -OCH3 is 1. The van der Waals surface area contributed by atoms with E-state index in [9.17, 15) is 4.79 Å². The van der Waals surface area contributed by atoms with Crippen LogP contribution in [-0.2, 0) is 20.9 Å². The second-order valence-electron chi connectivity index (χ2n) is 3.06. The summed E-state index contributed by atoms with van der Waals surface area (Å²) in [5.41, 5.74) is 1.01. The number of benzene rings is 1. The minimum Gasteiger partial charge on any atom is -0.479 e. The van der Waals surface area contributed by atoms with E-state index in [4.69, 9.17) is 14.6 Å². The first-order valence-corrected chi connectivity index (χ1v) is 4.61. The number of rotatable bonds is 6. The summed E-state index contributed by atoms with van der Waals surface area (Å²) in [6, 6.07) is 9.57. The fourth-order valence-corrected chi connectivity index (χ4v) is 1.10. The van der Waals surface area contributed by atoms with Crippen molar-refractivity contribution in [2.75, 3.05) is 13.7 Å². The minimum absolute atomic E-state index is 0.0563. The number of ether oxygens (including phenoxy) is 2. The molecule has 4 nitrogen and oxygen atoms in total. The second kappa shape index (κ2) is 6.16. The van der Waals surface area contributed by atoms with E-state index in [-0.39, 0.29) is 6.61 Å². The minimum atomic E-state index is -1.01. The lowest BCUT2D eigenvalue weighted by Gasteiger charge is -2.10. The number of aliphatic carboxylic acids is 1. The van der Waals surface area contributed by atoms with E-state index in [1.807, 2.05) is 30.3 Å².